The molecule has 0 radical (unpaired) electrons. The van der Waals surface area contributed by atoms with Crippen molar-refractivity contribution in [2.45, 2.75) is 44.9 Å². The molecule has 2 aromatic carbocycles. The summed E-state index contributed by atoms with van der Waals surface area (Å²) in [5, 5.41) is 0. The van der Waals surface area contributed by atoms with Crippen molar-refractivity contribution >= 4 is 11.5 Å². The molecule has 1 aliphatic rings. The third kappa shape index (κ3) is 4.95. The lowest BCUT2D eigenvalue weighted by Crippen LogP contribution is -2.33. The van der Waals surface area contributed by atoms with Gasteiger partial charge in [-0.25, -0.2) is 0 Å². The summed E-state index contributed by atoms with van der Waals surface area (Å²) < 4.78 is 0. The fourth-order valence-corrected chi connectivity index (χ4v) is 3.33. The number of benzene rings is 2. The van der Waals surface area contributed by atoms with E-state index in [4.69, 9.17) is 4.99 Å². The predicted octanol–water partition coefficient (Wildman–Crippen LogP) is 5.49. The van der Waals surface area contributed by atoms with Crippen molar-refractivity contribution in [3.8, 4) is 0 Å². The van der Waals surface area contributed by atoms with Crippen molar-refractivity contribution in [3.05, 3.63) is 66.2 Å². The number of hydrogen-bond acceptors (Lipinski definition) is 2. The van der Waals surface area contributed by atoms with Crippen LogP contribution in [0.4, 0.5) is 5.69 Å². The van der Waals surface area contributed by atoms with E-state index in [1.54, 1.807) is 0 Å². The van der Waals surface area contributed by atoms with E-state index in [-0.39, 0.29) is 0 Å². The van der Waals surface area contributed by atoms with Crippen LogP contribution in [-0.2, 0) is 6.42 Å². The van der Waals surface area contributed by atoms with E-state index in [0.29, 0.717) is 0 Å². The van der Waals surface area contributed by atoms with E-state index < -0.39 is 0 Å². The zero-order chi connectivity index (χ0) is 16.5. The van der Waals surface area contributed by atoms with E-state index in [1.807, 2.05) is 0 Å². The van der Waals surface area contributed by atoms with E-state index in [9.17, 15) is 0 Å². The maximum atomic E-state index is 4.97. The third-order valence-corrected chi connectivity index (χ3v) is 4.70. The van der Waals surface area contributed by atoms with Crippen molar-refractivity contribution in [2.75, 3.05) is 18.0 Å². The van der Waals surface area contributed by atoms with Crippen LogP contribution in [0.3, 0.4) is 0 Å². The van der Waals surface area contributed by atoms with Crippen LogP contribution in [0.15, 0.2) is 65.7 Å². The average molecular weight is 320 g/mol. The molecule has 2 nitrogen and oxygen atoms in total. The molecule has 0 fully saturated rings. The molecular formula is C22H28N2. The smallest absolute Gasteiger partial charge is 0.103 e. The summed E-state index contributed by atoms with van der Waals surface area (Å²) >= 11 is 0. The molecule has 2 aromatic rings. The van der Waals surface area contributed by atoms with E-state index in [2.05, 4.69) is 65.6 Å². The predicted molar refractivity (Wildman–Crippen MR) is 104 cm³/mol. The van der Waals surface area contributed by atoms with E-state index >= 15 is 0 Å². The first kappa shape index (κ1) is 16.8. The molecule has 0 aromatic heterocycles. The second-order valence-corrected chi connectivity index (χ2v) is 6.54. The van der Waals surface area contributed by atoms with Gasteiger partial charge in [-0.15, -0.1) is 0 Å². The molecule has 0 unspecified atom stereocenters. The Labute approximate surface area is 146 Å². The van der Waals surface area contributed by atoms with Crippen molar-refractivity contribution in [2.24, 2.45) is 4.99 Å². The number of amidine groups is 1. The van der Waals surface area contributed by atoms with Crippen LogP contribution in [0.1, 0.15) is 44.1 Å². The monoisotopic (exact) mass is 320 g/mol. The SMILES string of the molecule is c1ccc(CCN(/C2=N\CCCCCCC2)c2ccccc2)cc1. The minimum absolute atomic E-state index is 0.976. The number of nitrogens with zero attached hydrogens (tertiary/aromatic N) is 2. The van der Waals surface area contributed by atoms with Gasteiger partial charge < -0.3 is 4.90 Å². The zero-order valence-corrected chi connectivity index (χ0v) is 14.5. The Balaban J connectivity index is 1.78. The molecule has 126 valence electrons. The first-order valence-corrected chi connectivity index (χ1v) is 9.33. The van der Waals surface area contributed by atoms with E-state index in [0.717, 1.165) is 25.9 Å². The lowest BCUT2D eigenvalue weighted by atomic mass is 10.1. The number of hydrogen-bond donors (Lipinski definition) is 0. The number of para-hydroxylation sites is 1. The fraction of sp³-hybridized carbons (Fsp3) is 0.409. The molecule has 0 aliphatic carbocycles. The molecule has 0 spiro atoms. The van der Waals surface area contributed by atoms with Gasteiger partial charge in [-0.1, -0.05) is 67.8 Å². The van der Waals surface area contributed by atoms with Crippen LogP contribution in [0.2, 0.25) is 0 Å². The number of rotatable bonds is 4. The van der Waals surface area contributed by atoms with Crippen LogP contribution >= 0.6 is 0 Å². The molecule has 24 heavy (non-hydrogen) atoms. The minimum Gasteiger partial charge on any atom is -0.330 e. The third-order valence-electron chi connectivity index (χ3n) is 4.70. The first-order valence-electron chi connectivity index (χ1n) is 9.33. The molecule has 3 rings (SSSR count). The van der Waals surface area contributed by atoms with Gasteiger partial charge in [0.05, 0.1) is 0 Å². The summed E-state index contributed by atoms with van der Waals surface area (Å²) in [6.07, 6.45) is 8.65. The van der Waals surface area contributed by atoms with Gasteiger partial charge in [0, 0.05) is 25.2 Å². The van der Waals surface area contributed by atoms with Crippen molar-refractivity contribution in [3.63, 3.8) is 0 Å². The van der Waals surface area contributed by atoms with E-state index in [1.165, 1.54) is 49.2 Å². The highest BCUT2D eigenvalue weighted by Gasteiger charge is 2.14. The van der Waals surface area contributed by atoms with Gasteiger partial charge in [-0.05, 0) is 37.0 Å². The summed E-state index contributed by atoms with van der Waals surface area (Å²) in [4.78, 5) is 7.42. The Morgan fingerprint density at radius 2 is 1.42 bits per heavy atom. The lowest BCUT2D eigenvalue weighted by Gasteiger charge is -2.27. The van der Waals surface area contributed by atoms with Crippen molar-refractivity contribution < 1.29 is 0 Å². The summed E-state index contributed by atoms with van der Waals surface area (Å²) in [7, 11) is 0. The van der Waals surface area contributed by atoms with Crippen LogP contribution in [-0.4, -0.2) is 18.9 Å². The van der Waals surface area contributed by atoms with Gasteiger partial charge in [-0.3, -0.25) is 4.99 Å². The largest absolute Gasteiger partial charge is 0.330 e. The average Bonchev–Trinajstić information content (AvgIpc) is 2.78. The Bertz CT molecular complexity index is 619. The molecule has 0 saturated carbocycles. The molecule has 0 bridgehead atoms. The molecule has 0 atom stereocenters. The standard InChI is InChI=1S/C22H28N2/c1-2-10-16-22(23-18-11-3-1)24(21-14-8-5-9-15-21)19-17-20-12-6-4-7-13-20/h4-9,12-15H,1-3,10-11,16-19H2/b23-22-. The van der Waals surface area contributed by atoms with Crippen LogP contribution in [0.5, 0.6) is 0 Å². The summed E-state index contributed by atoms with van der Waals surface area (Å²) in [6, 6.07) is 21.5. The van der Waals surface area contributed by atoms with Crippen LogP contribution in [0.25, 0.3) is 0 Å². The first-order chi connectivity index (χ1) is 11.9. The summed E-state index contributed by atoms with van der Waals surface area (Å²) in [5.41, 5.74) is 2.66. The minimum atomic E-state index is 0.976. The molecular weight excluding hydrogens is 292 g/mol. The van der Waals surface area contributed by atoms with Crippen molar-refractivity contribution in [1.82, 2.24) is 0 Å². The topological polar surface area (TPSA) is 15.6 Å². The maximum absolute atomic E-state index is 4.97. The molecule has 1 heterocycles. The van der Waals surface area contributed by atoms with Crippen LogP contribution in [0, 0.1) is 0 Å². The Morgan fingerprint density at radius 1 is 0.750 bits per heavy atom. The number of anilines is 1. The quantitative estimate of drug-likeness (QED) is 0.727. The summed E-state index contributed by atoms with van der Waals surface area (Å²) in [6.45, 7) is 1.97. The zero-order valence-electron chi connectivity index (χ0n) is 14.5. The van der Waals surface area contributed by atoms with Gasteiger partial charge in [0.25, 0.3) is 0 Å². The Kier molecular flexibility index (Phi) is 6.47. The highest BCUT2D eigenvalue weighted by atomic mass is 15.2. The van der Waals surface area contributed by atoms with Crippen molar-refractivity contribution in [1.29, 1.82) is 0 Å². The fourth-order valence-electron chi connectivity index (χ4n) is 3.33. The number of aliphatic imine (C=N–C) groups is 1. The molecule has 2 heteroatoms. The van der Waals surface area contributed by atoms with Gasteiger partial charge in [-0.2, -0.15) is 0 Å². The second-order valence-electron chi connectivity index (χ2n) is 6.54. The Morgan fingerprint density at radius 3 is 2.21 bits per heavy atom. The molecule has 0 saturated heterocycles. The Hall–Kier alpha value is -2.09. The normalized spacial score (nSPS) is 17.9. The maximum Gasteiger partial charge on any atom is 0.103 e. The molecule has 0 amide bonds. The van der Waals surface area contributed by atoms with Crippen LogP contribution < -0.4 is 4.90 Å². The van der Waals surface area contributed by atoms with Gasteiger partial charge in [0.2, 0.25) is 0 Å². The molecule has 0 N–H and O–H groups in total. The highest BCUT2D eigenvalue weighted by Crippen LogP contribution is 2.19. The van der Waals surface area contributed by atoms with Gasteiger partial charge in [0.15, 0.2) is 0 Å². The van der Waals surface area contributed by atoms with Gasteiger partial charge in [0.1, 0.15) is 5.84 Å². The summed E-state index contributed by atoms with van der Waals surface area (Å²) in [5.74, 6) is 1.28. The highest BCUT2D eigenvalue weighted by molar-refractivity contribution is 5.97. The van der Waals surface area contributed by atoms with Gasteiger partial charge >= 0.3 is 0 Å². The lowest BCUT2D eigenvalue weighted by molar-refractivity contribution is 0.638. The molecule has 1 aliphatic heterocycles. The second kappa shape index (κ2) is 9.27.